The van der Waals surface area contributed by atoms with Crippen LogP contribution >= 0.6 is 0 Å². The molecule has 7 nitrogen and oxygen atoms in total. The van der Waals surface area contributed by atoms with Crippen molar-refractivity contribution in [3.8, 4) is 0 Å². The van der Waals surface area contributed by atoms with Gasteiger partial charge in [-0.2, -0.15) is 0 Å². The molecule has 0 aromatic heterocycles. The zero-order chi connectivity index (χ0) is 26.5. The van der Waals surface area contributed by atoms with Gasteiger partial charge in [-0.25, -0.2) is 9.59 Å². The summed E-state index contributed by atoms with van der Waals surface area (Å²) in [7, 11) is 0. The van der Waals surface area contributed by atoms with Crippen molar-refractivity contribution >= 4 is 12.2 Å². The summed E-state index contributed by atoms with van der Waals surface area (Å²) in [6, 6.07) is 0. The van der Waals surface area contributed by atoms with Crippen molar-refractivity contribution in [1.29, 1.82) is 0 Å². The highest BCUT2D eigenvalue weighted by Gasteiger charge is 2.80. The number of carbonyl (C=O) groups excluding carboxylic acids is 2. The molecule has 1 saturated heterocycles. The Morgan fingerprint density at radius 2 is 1.59 bits per heavy atom. The largest absolute Gasteiger partial charge is 0.446 e. The molecule has 1 heterocycles. The van der Waals surface area contributed by atoms with Crippen LogP contribution in [-0.2, 0) is 14.2 Å². The number of hydrogen-bond donors (Lipinski definition) is 2. The molecular weight excluding hydrogens is 468 g/mol. The summed E-state index contributed by atoms with van der Waals surface area (Å²) in [6.45, 7) is 11.4. The fourth-order valence-electron chi connectivity index (χ4n) is 11.6. The van der Waals surface area contributed by atoms with Crippen molar-refractivity contribution < 1.29 is 23.8 Å². The van der Waals surface area contributed by atoms with Crippen molar-refractivity contribution in [2.75, 3.05) is 0 Å². The molecule has 37 heavy (non-hydrogen) atoms. The van der Waals surface area contributed by atoms with E-state index in [4.69, 9.17) is 25.7 Å². The van der Waals surface area contributed by atoms with Gasteiger partial charge in [0.05, 0.1) is 12.2 Å². The molecule has 4 N–H and O–H groups in total. The van der Waals surface area contributed by atoms with Gasteiger partial charge in [0.15, 0.2) is 0 Å². The van der Waals surface area contributed by atoms with E-state index in [0.29, 0.717) is 34.0 Å². The number of nitrogens with two attached hydrogens (primary N) is 2. The lowest BCUT2D eigenvalue weighted by Gasteiger charge is -2.59. The molecule has 2 amide bonds. The van der Waals surface area contributed by atoms with Crippen LogP contribution in [0.5, 0.6) is 0 Å². The smallest absolute Gasteiger partial charge is 0.404 e. The monoisotopic (exact) mass is 516 g/mol. The molecular formula is C30H48N2O5. The highest BCUT2D eigenvalue weighted by atomic mass is 16.6. The summed E-state index contributed by atoms with van der Waals surface area (Å²) in [4.78, 5) is 23.2. The van der Waals surface area contributed by atoms with Crippen LogP contribution in [-0.4, -0.2) is 36.6 Å². The zero-order valence-corrected chi connectivity index (χ0v) is 23.5. The van der Waals surface area contributed by atoms with Gasteiger partial charge < -0.3 is 25.7 Å². The Labute approximate surface area is 222 Å². The lowest BCUT2D eigenvalue weighted by Crippen LogP contribution is -2.55. The van der Waals surface area contributed by atoms with E-state index in [9.17, 15) is 9.59 Å². The summed E-state index contributed by atoms with van der Waals surface area (Å²) >= 11 is 0. The molecule has 0 bridgehead atoms. The second-order valence-corrected chi connectivity index (χ2v) is 14.9. The van der Waals surface area contributed by atoms with Crippen molar-refractivity contribution in [3.05, 3.63) is 0 Å². The van der Waals surface area contributed by atoms with Crippen LogP contribution in [0.3, 0.4) is 0 Å². The van der Waals surface area contributed by atoms with E-state index in [1.807, 2.05) is 0 Å². The van der Waals surface area contributed by atoms with Crippen LogP contribution in [0.15, 0.2) is 0 Å². The van der Waals surface area contributed by atoms with E-state index in [0.717, 1.165) is 31.6 Å². The number of rotatable bonds is 4. The molecule has 208 valence electrons. The topological polar surface area (TPSA) is 114 Å². The van der Waals surface area contributed by atoms with Gasteiger partial charge in [-0.05, 0) is 110 Å². The van der Waals surface area contributed by atoms with Crippen LogP contribution in [0.2, 0.25) is 0 Å². The quantitative estimate of drug-likeness (QED) is 0.492. The maximum Gasteiger partial charge on any atom is 0.404 e. The van der Waals surface area contributed by atoms with Crippen LogP contribution in [0.4, 0.5) is 9.59 Å². The third-order valence-electron chi connectivity index (χ3n) is 13.1. The fourth-order valence-corrected chi connectivity index (χ4v) is 11.6. The summed E-state index contributed by atoms with van der Waals surface area (Å²) in [5, 5.41) is 0. The predicted molar refractivity (Wildman–Crippen MR) is 139 cm³/mol. The average Bonchev–Trinajstić information content (AvgIpc) is 3.39. The van der Waals surface area contributed by atoms with Crippen LogP contribution in [0.25, 0.3) is 0 Å². The van der Waals surface area contributed by atoms with Gasteiger partial charge in [0.1, 0.15) is 12.2 Å². The molecule has 11 unspecified atom stereocenters. The number of fused-ring (bicyclic) bond motifs is 4. The molecule has 0 radical (unpaired) electrons. The van der Waals surface area contributed by atoms with Gasteiger partial charge in [0.25, 0.3) is 0 Å². The SMILES string of the molecule is CC(C)C(OC(N)=O)C1CCC2C(CC3C4CCC5C(C)(C)C(OC(N)=O)CCC56CC46CCC23C)O1. The molecule has 1 aliphatic heterocycles. The third-order valence-corrected chi connectivity index (χ3v) is 13.1. The molecule has 6 rings (SSSR count). The average molecular weight is 517 g/mol. The number of carbonyl (C=O) groups is 2. The molecule has 11 atom stereocenters. The van der Waals surface area contributed by atoms with Crippen molar-refractivity contribution in [2.24, 2.45) is 62.7 Å². The van der Waals surface area contributed by atoms with E-state index in [1.54, 1.807) is 0 Å². The predicted octanol–water partition coefficient (Wildman–Crippen LogP) is 5.78. The van der Waals surface area contributed by atoms with Crippen LogP contribution in [0.1, 0.15) is 98.8 Å². The molecule has 6 fully saturated rings. The molecule has 2 spiro atoms. The van der Waals surface area contributed by atoms with Gasteiger partial charge in [-0.3, -0.25) is 0 Å². The molecule has 5 aliphatic carbocycles. The molecule has 0 aromatic carbocycles. The van der Waals surface area contributed by atoms with E-state index < -0.39 is 12.2 Å². The first kappa shape index (κ1) is 25.8. The minimum atomic E-state index is -0.701. The maximum atomic E-state index is 11.6. The summed E-state index contributed by atoms with van der Waals surface area (Å²) in [5.41, 5.74) is 12.0. The van der Waals surface area contributed by atoms with E-state index in [1.165, 1.54) is 38.5 Å². The van der Waals surface area contributed by atoms with Crippen molar-refractivity contribution in [3.63, 3.8) is 0 Å². The zero-order valence-electron chi connectivity index (χ0n) is 23.5. The van der Waals surface area contributed by atoms with Gasteiger partial charge in [0, 0.05) is 5.41 Å². The van der Waals surface area contributed by atoms with Crippen LogP contribution < -0.4 is 11.5 Å². The molecule has 6 aliphatic rings. The normalized spacial score (nSPS) is 49.9. The Balaban J connectivity index is 1.22. The summed E-state index contributed by atoms with van der Waals surface area (Å²) < 4.78 is 18.0. The Morgan fingerprint density at radius 1 is 0.865 bits per heavy atom. The van der Waals surface area contributed by atoms with E-state index in [-0.39, 0.29) is 35.7 Å². The number of amides is 2. The molecule has 5 saturated carbocycles. The highest BCUT2D eigenvalue weighted by molar-refractivity contribution is 5.65. The third kappa shape index (κ3) is 3.47. The van der Waals surface area contributed by atoms with Gasteiger partial charge >= 0.3 is 12.2 Å². The van der Waals surface area contributed by atoms with Gasteiger partial charge in [0.2, 0.25) is 0 Å². The first-order valence-electron chi connectivity index (χ1n) is 14.9. The summed E-state index contributed by atoms with van der Waals surface area (Å²) in [6.07, 6.45) is 10.4. The Hall–Kier alpha value is -1.50. The Kier molecular flexibility index (Phi) is 5.74. The number of primary amides is 2. The van der Waals surface area contributed by atoms with Gasteiger partial charge in [-0.1, -0.05) is 34.6 Å². The van der Waals surface area contributed by atoms with Crippen molar-refractivity contribution in [1.82, 2.24) is 0 Å². The van der Waals surface area contributed by atoms with Crippen molar-refractivity contribution in [2.45, 2.75) is 123 Å². The second kappa shape index (κ2) is 8.25. The summed E-state index contributed by atoms with van der Waals surface area (Å²) in [5.74, 6) is 2.84. The first-order chi connectivity index (χ1) is 17.4. The number of hydrogen-bond acceptors (Lipinski definition) is 5. The van der Waals surface area contributed by atoms with Gasteiger partial charge in [-0.15, -0.1) is 0 Å². The van der Waals surface area contributed by atoms with Crippen LogP contribution in [0, 0.1) is 51.2 Å². The minimum absolute atomic E-state index is 0.0330. The van der Waals surface area contributed by atoms with E-state index >= 15 is 0 Å². The lowest BCUT2D eigenvalue weighted by molar-refractivity contribution is -0.148. The standard InChI is InChI=1S/C30H48N2O5/c1-16(2)24(37-26(32)34)20-8-6-18-21(35-20)14-19-17-7-9-22-27(3,4)23(36-25(31)33)10-11-30(22)15-29(17,30)13-12-28(18,19)5/h16-24H,6-15H2,1-5H3,(H2,31,33)(H2,32,34). The Morgan fingerprint density at radius 3 is 2.27 bits per heavy atom. The lowest BCUT2D eigenvalue weighted by atomic mass is 9.46. The number of ether oxygens (including phenoxy) is 3. The maximum absolute atomic E-state index is 11.6. The molecule has 7 heteroatoms. The fraction of sp³-hybridized carbons (Fsp3) is 0.933. The van der Waals surface area contributed by atoms with E-state index in [2.05, 4.69) is 34.6 Å². The Bertz CT molecular complexity index is 968. The highest BCUT2D eigenvalue weighted by Crippen LogP contribution is 2.87. The second-order valence-electron chi connectivity index (χ2n) is 14.9. The minimum Gasteiger partial charge on any atom is -0.446 e. The first-order valence-corrected chi connectivity index (χ1v) is 14.9. The molecule has 0 aromatic rings.